The van der Waals surface area contributed by atoms with E-state index in [2.05, 4.69) is 25.1 Å². The number of nitrogens with one attached hydrogen (secondary N) is 1. The van der Waals surface area contributed by atoms with Gasteiger partial charge >= 0.3 is 6.01 Å². The summed E-state index contributed by atoms with van der Waals surface area (Å²) in [5.41, 5.74) is -0.0661. The zero-order valence-electron chi connectivity index (χ0n) is 24.9. The van der Waals surface area contributed by atoms with Crippen molar-refractivity contribution in [3.05, 3.63) is 46.6 Å². The Hall–Kier alpha value is -3.41. The summed E-state index contributed by atoms with van der Waals surface area (Å²) >= 11 is 6.89. The summed E-state index contributed by atoms with van der Waals surface area (Å²) in [5, 5.41) is 15.5. The number of nitrogens with zero attached hydrogens (tertiary/aromatic N) is 5. The van der Waals surface area contributed by atoms with Gasteiger partial charge in [0.25, 0.3) is 0 Å². The lowest BCUT2D eigenvalue weighted by molar-refractivity contribution is 0.107. The summed E-state index contributed by atoms with van der Waals surface area (Å²) < 4.78 is 52.6. The van der Waals surface area contributed by atoms with E-state index in [4.69, 9.17) is 21.3 Å². The van der Waals surface area contributed by atoms with Gasteiger partial charge in [-0.2, -0.15) is 9.97 Å². The molecule has 4 atom stereocenters. The monoisotopic (exact) mass is 638 g/mol. The first kappa shape index (κ1) is 29.0. The van der Waals surface area contributed by atoms with E-state index in [0.29, 0.717) is 54.6 Å². The number of aromatic hydroxyl groups is 1. The fraction of sp³-hybridized carbons (Fsp3) is 0.485. The summed E-state index contributed by atoms with van der Waals surface area (Å²) in [6, 6.07) is 6.30. The van der Waals surface area contributed by atoms with Crippen molar-refractivity contribution in [2.45, 2.75) is 69.2 Å². The van der Waals surface area contributed by atoms with Gasteiger partial charge < -0.3 is 20.1 Å². The number of hydrogen-bond acceptors (Lipinski definition) is 8. The molecule has 45 heavy (non-hydrogen) atoms. The molecule has 0 aliphatic carbocycles. The molecule has 2 bridgehead atoms. The number of alkyl halides is 1. The van der Waals surface area contributed by atoms with Crippen molar-refractivity contribution in [3.8, 4) is 23.0 Å². The highest BCUT2D eigenvalue weighted by Crippen LogP contribution is 2.43. The minimum Gasteiger partial charge on any atom is -0.508 e. The molecule has 0 spiro atoms. The van der Waals surface area contributed by atoms with E-state index in [-0.39, 0.29) is 57.8 Å². The number of anilines is 1. The van der Waals surface area contributed by atoms with Crippen LogP contribution in [0.5, 0.6) is 11.8 Å². The van der Waals surface area contributed by atoms with Gasteiger partial charge in [-0.25, -0.2) is 18.2 Å². The lowest BCUT2D eigenvalue weighted by atomic mass is 9.94. The second-order valence-corrected chi connectivity index (χ2v) is 13.4. The lowest BCUT2D eigenvalue weighted by Gasteiger charge is -2.34. The molecule has 2 unspecified atom stereocenters. The number of pyridine rings is 1. The summed E-state index contributed by atoms with van der Waals surface area (Å²) in [6.45, 7) is 4.51. The van der Waals surface area contributed by atoms with Gasteiger partial charge in [0.2, 0.25) is 0 Å². The molecule has 12 heteroatoms. The molecule has 2 aromatic carbocycles. The number of hydrogen-bond donors (Lipinski definition) is 2. The Balaban J connectivity index is 1.30. The summed E-state index contributed by atoms with van der Waals surface area (Å²) in [4.78, 5) is 18.1. The molecule has 4 aliphatic rings. The second kappa shape index (κ2) is 10.8. The fourth-order valence-corrected chi connectivity index (χ4v) is 8.47. The lowest BCUT2D eigenvalue weighted by Crippen LogP contribution is -2.51. The predicted octanol–water partition coefficient (Wildman–Crippen LogP) is 5.94. The number of fused-ring (bicyclic) bond motifs is 5. The Kier molecular flexibility index (Phi) is 6.99. The van der Waals surface area contributed by atoms with Crippen molar-refractivity contribution in [2.75, 3.05) is 37.7 Å². The molecule has 0 radical (unpaired) electrons. The van der Waals surface area contributed by atoms with Gasteiger partial charge in [-0.3, -0.25) is 4.90 Å². The van der Waals surface area contributed by atoms with Crippen molar-refractivity contribution < 1.29 is 23.0 Å². The maximum atomic E-state index is 16.9. The summed E-state index contributed by atoms with van der Waals surface area (Å²) in [5.74, 6) is -0.881. The van der Waals surface area contributed by atoms with Crippen LogP contribution >= 0.6 is 11.6 Å². The quantitative estimate of drug-likeness (QED) is 0.251. The third kappa shape index (κ3) is 4.77. The number of benzene rings is 2. The average Bonchev–Trinajstić information content (AvgIpc) is 3.67. The highest BCUT2D eigenvalue weighted by atomic mass is 35.5. The highest BCUT2D eigenvalue weighted by molar-refractivity contribution is 6.35. The van der Waals surface area contributed by atoms with Crippen molar-refractivity contribution in [3.63, 3.8) is 0 Å². The van der Waals surface area contributed by atoms with Crippen LogP contribution in [0.1, 0.15) is 44.6 Å². The Bertz CT molecular complexity index is 1830. The first-order chi connectivity index (χ1) is 21.7. The molecule has 4 fully saturated rings. The van der Waals surface area contributed by atoms with E-state index in [9.17, 15) is 13.9 Å². The first-order valence-electron chi connectivity index (χ1n) is 15.8. The van der Waals surface area contributed by atoms with E-state index in [0.717, 1.165) is 32.2 Å². The molecule has 2 aromatic heterocycles. The maximum Gasteiger partial charge on any atom is 0.319 e. The Morgan fingerprint density at radius 1 is 1.09 bits per heavy atom. The summed E-state index contributed by atoms with van der Waals surface area (Å²) in [6.07, 6.45) is 3.63. The summed E-state index contributed by atoms with van der Waals surface area (Å²) in [7, 11) is 0. The first-order valence-corrected chi connectivity index (χ1v) is 16.1. The second-order valence-electron chi connectivity index (χ2n) is 13.0. The third-order valence-corrected chi connectivity index (χ3v) is 10.5. The molecule has 4 aliphatic heterocycles. The molecule has 0 saturated carbocycles. The highest BCUT2D eigenvalue weighted by Gasteiger charge is 2.49. The standard InChI is InChI=1S/C33H34ClF3N6O2/c1-2-22-24(36)7-4-17-10-21(44)11-23(25(17)22)28-27(37)29-26(30(34)39-28)31(42-14-19-5-6-20(15-42)38-19)41-32(40-29)45-16-33-8-3-9-43(33)13-18(35)12-33/h4,7,10-11,18-20,38,44H,2-3,5-6,8-9,12-16H2,1H3/t18-,19?,20?,33+/m1/s1. The number of aryl methyl sites for hydroxylation is 1. The SMILES string of the molecule is CCc1c(F)ccc2cc(O)cc(-c3nc(Cl)c4c(N5CC6CCC(C5)N6)nc(OC[C@@]56CCCN5C[C@H](F)C6)nc4c3F)c12. The van der Waals surface area contributed by atoms with E-state index in [1.165, 1.54) is 18.2 Å². The maximum absolute atomic E-state index is 16.9. The number of phenols is 1. The van der Waals surface area contributed by atoms with E-state index in [1.54, 1.807) is 6.07 Å². The smallest absolute Gasteiger partial charge is 0.319 e. The van der Waals surface area contributed by atoms with Gasteiger partial charge in [-0.05, 0) is 73.2 Å². The van der Waals surface area contributed by atoms with Gasteiger partial charge in [0.15, 0.2) is 5.82 Å². The van der Waals surface area contributed by atoms with Crippen LogP contribution in [-0.4, -0.2) is 81.5 Å². The Morgan fingerprint density at radius 3 is 2.67 bits per heavy atom. The van der Waals surface area contributed by atoms with Crippen LogP contribution in [0.2, 0.25) is 5.15 Å². The van der Waals surface area contributed by atoms with Crippen LogP contribution in [0.25, 0.3) is 32.9 Å². The van der Waals surface area contributed by atoms with E-state index < -0.39 is 23.3 Å². The van der Waals surface area contributed by atoms with Crippen molar-refractivity contribution in [2.24, 2.45) is 0 Å². The zero-order valence-corrected chi connectivity index (χ0v) is 25.7. The number of phenolic OH excluding ortho intramolecular Hbond substituents is 1. The predicted molar refractivity (Wildman–Crippen MR) is 167 cm³/mol. The van der Waals surface area contributed by atoms with Gasteiger partial charge in [-0.15, -0.1) is 0 Å². The van der Waals surface area contributed by atoms with Crippen LogP contribution in [0.3, 0.4) is 0 Å². The van der Waals surface area contributed by atoms with Crippen LogP contribution in [-0.2, 0) is 6.42 Å². The van der Waals surface area contributed by atoms with E-state index >= 15 is 4.39 Å². The molecule has 4 saturated heterocycles. The zero-order chi connectivity index (χ0) is 31.0. The molecule has 8 rings (SSSR count). The van der Waals surface area contributed by atoms with Gasteiger partial charge in [-0.1, -0.05) is 24.6 Å². The number of rotatable bonds is 6. The van der Waals surface area contributed by atoms with Crippen LogP contribution in [0.4, 0.5) is 19.0 Å². The molecule has 6 heterocycles. The molecular weight excluding hydrogens is 605 g/mol. The van der Waals surface area contributed by atoms with Crippen LogP contribution in [0, 0.1) is 11.6 Å². The molecule has 0 amide bonds. The third-order valence-electron chi connectivity index (χ3n) is 10.2. The molecule has 4 aromatic rings. The molecular formula is C33H34ClF3N6O2. The molecule has 236 valence electrons. The van der Waals surface area contributed by atoms with Crippen molar-refractivity contribution in [1.82, 2.24) is 25.2 Å². The van der Waals surface area contributed by atoms with Crippen molar-refractivity contribution >= 4 is 39.1 Å². The number of aromatic nitrogens is 3. The van der Waals surface area contributed by atoms with Gasteiger partial charge in [0.05, 0.1) is 10.9 Å². The minimum atomic E-state index is -0.918. The average molecular weight is 639 g/mol. The van der Waals surface area contributed by atoms with Crippen LogP contribution in [0.15, 0.2) is 24.3 Å². The Morgan fingerprint density at radius 2 is 1.89 bits per heavy atom. The topological polar surface area (TPSA) is 86.6 Å². The largest absolute Gasteiger partial charge is 0.508 e. The normalized spacial score (nSPS) is 26.3. The fourth-order valence-electron chi connectivity index (χ4n) is 8.21. The van der Waals surface area contributed by atoms with Crippen LogP contribution < -0.4 is 15.0 Å². The minimum absolute atomic E-state index is 0.00333. The Labute approximate surface area is 263 Å². The van der Waals surface area contributed by atoms with E-state index in [1.807, 2.05) is 6.92 Å². The van der Waals surface area contributed by atoms with Crippen molar-refractivity contribution in [1.29, 1.82) is 0 Å². The van der Waals surface area contributed by atoms with Gasteiger partial charge in [0, 0.05) is 43.7 Å². The molecule has 8 nitrogen and oxygen atoms in total. The number of halogens is 4. The van der Waals surface area contributed by atoms with Gasteiger partial charge in [0.1, 0.15) is 46.5 Å². The molecule has 2 N–H and O–H groups in total. The number of ether oxygens (including phenoxy) is 1. The number of piperazine rings is 1.